The molecule has 0 bridgehead atoms. The molecule has 138 valence electrons. The predicted molar refractivity (Wildman–Crippen MR) is 103 cm³/mol. The Morgan fingerprint density at radius 2 is 1.85 bits per heavy atom. The summed E-state index contributed by atoms with van der Waals surface area (Å²) in [6, 6.07) is 15.5. The van der Waals surface area contributed by atoms with Gasteiger partial charge in [-0.15, -0.1) is 0 Å². The van der Waals surface area contributed by atoms with Crippen LogP contribution >= 0.6 is 11.6 Å². The van der Waals surface area contributed by atoms with Crippen molar-refractivity contribution in [3.63, 3.8) is 0 Å². The molecule has 0 radical (unpaired) electrons. The van der Waals surface area contributed by atoms with Crippen LogP contribution in [0.1, 0.15) is 25.8 Å². The minimum atomic E-state index is -0.706. The van der Waals surface area contributed by atoms with Gasteiger partial charge in [0.1, 0.15) is 12.6 Å². The molecule has 0 aliphatic rings. The SMILES string of the molecule is CC[C@@H](C)[C@@H](NC(=O)OCc1ccccc1)C(=O)Nc1cccc(Cl)c1. The molecule has 2 aromatic carbocycles. The Balaban J connectivity index is 1.97. The average molecular weight is 375 g/mol. The standard InChI is InChI=1S/C20H23ClN2O3/c1-3-14(2)18(19(24)22-17-11-7-10-16(21)12-17)23-20(25)26-13-15-8-5-4-6-9-15/h4-12,14,18H,3,13H2,1-2H3,(H,22,24)(H,23,25)/t14-,18-/m1/s1. The lowest BCUT2D eigenvalue weighted by Crippen LogP contribution is -2.47. The molecular weight excluding hydrogens is 352 g/mol. The molecule has 26 heavy (non-hydrogen) atoms. The third-order valence-corrected chi connectivity index (χ3v) is 4.31. The van der Waals surface area contributed by atoms with Gasteiger partial charge < -0.3 is 15.4 Å². The van der Waals surface area contributed by atoms with Gasteiger partial charge in [-0.3, -0.25) is 4.79 Å². The molecule has 5 nitrogen and oxygen atoms in total. The summed E-state index contributed by atoms with van der Waals surface area (Å²) in [4.78, 5) is 24.7. The van der Waals surface area contributed by atoms with Gasteiger partial charge in [-0.05, 0) is 29.7 Å². The number of anilines is 1. The van der Waals surface area contributed by atoms with Crippen molar-refractivity contribution in [3.05, 3.63) is 65.2 Å². The van der Waals surface area contributed by atoms with Gasteiger partial charge >= 0.3 is 6.09 Å². The number of halogens is 1. The fraction of sp³-hybridized carbons (Fsp3) is 0.300. The van der Waals surface area contributed by atoms with Gasteiger partial charge in [0.25, 0.3) is 0 Å². The summed E-state index contributed by atoms with van der Waals surface area (Å²) in [6.07, 6.45) is 0.104. The molecular formula is C20H23ClN2O3. The molecule has 2 N–H and O–H groups in total. The highest BCUT2D eigenvalue weighted by molar-refractivity contribution is 6.30. The molecule has 6 heteroatoms. The first-order valence-electron chi connectivity index (χ1n) is 8.53. The molecule has 0 aliphatic heterocycles. The Bertz CT molecular complexity index is 737. The van der Waals surface area contributed by atoms with Crippen LogP contribution in [0.3, 0.4) is 0 Å². The number of benzene rings is 2. The summed E-state index contributed by atoms with van der Waals surface area (Å²) in [5.41, 5.74) is 1.46. The van der Waals surface area contributed by atoms with E-state index in [0.29, 0.717) is 10.7 Å². The second-order valence-electron chi connectivity index (χ2n) is 6.07. The van der Waals surface area contributed by atoms with Crippen LogP contribution in [0.4, 0.5) is 10.5 Å². The molecule has 2 rings (SSSR count). The zero-order chi connectivity index (χ0) is 18.9. The van der Waals surface area contributed by atoms with Crippen LogP contribution in [0, 0.1) is 5.92 Å². The van der Waals surface area contributed by atoms with Crippen LogP contribution in [0.2, 0.25) is 5.02 Å². The number of carbonyl (C=O) groups excluding carboxylic acids is 2. The zero-order valence-electron chi connectivity index (χ0n) is 14.9. The summed E-state index contributed by atoms with van der Waals surface area (Å²) in [6.45, 7) is 4.01. The molecule has 0 fully saturated rings. The topological polar surface area (TPSA) is 67.4 Å². The van der Waals surface area contributed by atoms with Crippen molar-refractivity contribution < 1.29 is 14.3 Å². The van der Waals surface area contributed by atoms with Crippen LogP contribution in [-0.4, -0.2) is 18.0 Å². The second-order valence-corrected chi connectivity index (χ2v) is 6.51. The molecule has 0 spiro atoms. The van der Waals surface area contributed by atoms with Crippen molar-refractivity contribution in [1.82, 2.24) is 5.32 Å². The van der Waals surface area contributed by atoms with Crippen LogP contribution in [-0.2, 0) is 16.1 Å². The number of hydrogen-bond donors (Lipinski definition) is 2. The largest absolute Gasteiger partial charge is 0.445 e. The third kappa shape index (κ3) is 6.08. The van der Waals surface area contributed by atoms with Gasteiger partial charge in [0.2, 0.25) is 5.91 Å². The number of alkyl carbamates (subject to hydrolysis) is 1. The number of amides is 2. The summed E-state index contributed by atoms with van der Waals surface area (Å²) in [5, 5.41) is 5.98. The highest BCUT2D eigenvalue weighted by Gasteiger charge is 2.26. The Morgan fingerprint density at radius 3 is 2.50 bits per heavy atom. The molecule has 2 aromatic rings. The number of hydrogen-bond acceptors (Lipinski definition) is 3. The van der Waals surface area contributed by atoms with Crippen LogP contribution in [0.25, 0.3) is 0 Å². The van der Waals surface area contributed by atoms with E-state index in [2.05, 4.69) is 10.6 Å². The van der Waals surface area contributed by atoms with Crippen molar-refractivity contribution in [2.24, 2.45) is 5.92 Å². The van der Waals surface area contributed by atoms with Gasteiger partial charge in [0.15, 0.2) is 0 Å². The van der Waals surface area contributed by atoms with Crippen molar-refractivity contribution in [2.75, 3.05) is 5.32 Å². The predicted octanol–water partition coefficient (Wildman–Crippen LogP) is 4.62. The van der Waals surface area contributed by atoms with Crippen molar-refractivity contribution >= 4 is 29.3 Å². The minimum Gasteiger partial charge on any atom is -0.445 e. The lowest BCUT2D eigenvalue weighted by atomic mass is 9.98. The number of ether oxygens (including phenoxy) is 1. The number of rotatable bonds is 7. The molecule has 0 aliphatic carbocycles. The van der Waals surface area contributed by atoms with Gasteiger partial charge in [-0.25, -0.2) is 4.79 Å². The van der Waals surface area contributed by atoms with Crippen LogP contribution < -0.4 is 10.6 Å². The summed E-state index contributed by atoms with van der Waals surface area (Å²) in [5.74, 6) is -0.364. The van der Waals surface area contributed by atoms with Crippen LogP contribution in [0.15, 0.2) is 54.6 Å². The summed E-state index contributed by atoms with van der Waals surface area (Å²) < 4.78 is 5.22. The Morgan fingerprint density at radius 1 is 1.12 bits per heavy atom. The van der Waals surface area contributed by atoms with Crippen LogP contribution in [0.5, 0.6) is 0 Å². The Labute approximate surface area is 158 Å². The van der Waals surface area contributed by atoms with E-state index < -0.39 is 12.1 Å². The Kier molecular flexibility index (Phi) is 7.48. The lowest BCUT2D eigenvalue weighted by Gasteiger charge is -2.23. The summed E-state index contributed by atoms with van der Waals surface area (Å²) in [7, 11) is 0. The summed E-state index contributed by atoms with van der Waals surface area (Å²) >= 11 is 5.94. The van der Waals surface area contributed by atoms with E-state index in [0.717, 1.165) is 12.0 Å². The van der Waals surface area contributed by atoms with E-state index in [1.165, 1.54) is 0 Å². The van der Waals surface area contributed by atoms with Crippen molar-refractivity contribution in [3.8, 4) is 0 Å². The second kappa shape index (κ2) is 9.82. The highest BCUT2D eigenvalue weighted by Crippen LogP contribution is 2.17. The molecule has 0 aromatic heterocycles. The molecule has 0 heterocycles. The molecule has 0 saturated heterocycles. The van der Waals surface area contributed by atoms with Gasteiger partial charge in [0, 0.05) is 10.7 Å². The van der Waals surface area contributed by atoms with Gasteiger partial charge in [-0.1, -0.05) is 68.3 Å². The maximum absolute atomic E-state index is 12.6. The monoisotopic (exact) mass is 374 g/mol. The highest BCUT2D eigenvalue weighted by atomic mass is 35.5. The fourth-order valence-electron chi connectivity index (χ4n) is 2.38. The van der Waals surface area contributed by atoms with E-state index in [1.807, 2.05) is 44.2 Å². The van der Waals surface area contributed by atoms with E-state index >= 15 is 0 Å². The third-order valence-electron chi connectivity index (χ3n) is 4.07. The van der Waals surface area contributed by atoms with E-state index in [1.54, 1.807) is 24.3 Å². The first-order valence-corrected chi connectivity index (χ1v) is 8.91. The maximum Gasteiger partial charge on any atom is 0.408 e. The quantitative estimate of drug-likeness (QED) is 0.743. The average Bonchev–Trinajstić information content (AvgIpc) is 2.64. The van der Waals surface area contributed by atoms with E-state index in [9.17, 15) is 9.59 Å². The fourth-order valence-corrected chi connectivity index (χ4v) is 2.57. The van der Waals surface area contributed by atoms with Gasteiger partial charge in [-0.2, -0.15) is 0 Å². The Hall–Kier alpha value is -2.53. The molecule has 2 atom stereocenters. The number of nitrogens with one attached hydrogen (secondary N) is 2. The maximum atomic E-state index is 12.6. The molecule has 0 saturated carbocycles. The van der Waals surface area contributed by atoms with Crippen molar-refractivity contribution in [2.45, 2.75) is 32.9 Å². The number of carbonyl (C=O) groups is 2. The first kappa shape index (κ1) is 19.8. The van der Waals surface area contributed by atoms with E-state index in [-0.39, 0.29) is 18.4 Å². The van der Waals surface area contributed by atoms with E-state index in [4.69, 9.17) is 16.3 Å². The normalized spacial score (nSPS) is 12.7. The van der Waals surface area contributed by atoms with Crippen molar-refractivity contribution in [1.29, 1.82) is 0 Å². The lowest BCUT2D eigenvalue weighted by molar-refractivity contribution is -0.119. The minimum absolute atomic E-state index is 0.0570. The molecule has 2 amide bonds. The smallest absolute Gasteiger partial charge is 0.408 e. The molecule has 0 unspecified atom stereocenters. The first-order chi connectivity index (χ1) is 12.5. The van der Waals surface area contributed by atoms with Gasteiger partial charge in [0.05, 0.1) is 0 Å². The zero-order valence-corrected chi connectivity index (χ0v) is 15.6.